The first-order valence-corrected chi connectivity index (χ1v) is 14.4. The molecule has 0 unspecified atom stereocenters. The van der Waals surface area contributed by atoms with E-state index in [1.165, 1.54) is 22.8 Å². The van der Waals surface area contributed by atoms with E-state index in [2.05, 4.69) is 9.62 Å². The van der Waals surface area contributed by atoms with Crippen LogP contribution >= 0.6 is 23.4 Å². The lowest BCUT2D eigenvalue weighted by atomic mass is 10.2. The molecule has 1 atom stereocenters. The number of amides is 1. The summed E-state index contributed by atoms with van der Waals surface area (Å²) >= 11 is 7.65. The zero-order chi connectivity index (χ0) is 25.2. The summed E-state index contributed by atoms with van der Waals surface area (Å²) in [4.78, 5) is 28.9. The molecule has 1 aromatic heterocycles. The fourth-order valence-corrected chi connectivity index (χ4v) is 5.98. The number of sulfonamides is 1. The number of benzene rings is 2. The number of anilines is 1. The van der Waals surface area contributed by atoms with E-state index in [1.54, 1.807) is 23.7 Å². The van der Waals surface area contributed by atoms with Gasteiger partial charge in [-0.1, -0.05) is 17.7 Å². The molecule has 188 valence electrons. The SMILES string of the molecule is CSCC[C@H](NS(=O)(=O)c1ccc2c(c1)oc(=O)n2C)C(=O)N1CCN(c2cccc(Cl)c2)CC1. The highest BCUT2D eigenvalue weighted by molar-refractivity contribution is 7.98. The van der Waals surface area contributed by atoms with E-state index in [-0.39, 0.29) is 16.4 Å². The van der Waals surface area contributed by atoms with Crippen molar-refractivity contribution >= 4 is 56.1 Å². The highest BCUT2D eigenvalue weighted by atomic mass is 35.5. The summed E-state index contributed by atoms with van der Waals surface area (Å²) in [5.41, 5.74) is 1.65. The van der Waals surface area contributed by atoms with Gasteiger partial charge in [0.25, 0.3) is 0 Å². The smallest absolute Gasteiger partial charge is 0.408 e. The number of aromatic nitrogens is 1. The average Bonchev–Trinajstić information content (AvgIpc) is 3.14. The lowest BCUT2D eigenvalue weighted by Gasteiger charge is -2.37. The Hall–Kier alpha value is -2.47. The Balaban J connectivity index is 1.48. The maximum absolute atomic E-state index is 13.4. The second-order valence-electron chi connectivity index (χ2n) is 8.30. The Kier molecular flexibility index (Phi) is 7.80. The highest BCUT2D eigenvalue weighted by Crippen LogP contribution is 2.22. The molecule has 9 nitrogen and oxygen atoms in total. The van der Waals surface area contributed by atoms with Gasteiger partial charge in [-0.2, -0.15) is 16.5 Å². The minimum absolute atomic E-state index is 0.0629. The molecule has 0 spiro atoms. The number of thioether (sulfide) groups is 1. The van der Waals surface area contributed by atoms with Gasteiger partial charge in [0.1, 0.15) is 6.04 Å². The van der Waals surface area contributed by atoms with Crippen molar-refractivity contribution < 1.29 is 17.6 Å². The van der Waals surface area contributed by atoms with Crippen LogP contribution in [-0.2, 0) is 21.9 Å². The maximum Gasteiger partial charge on any atom is 0.419 e. The largest absolute Gasteiger partial charge is 0.419 e. The number of piperazine rings is 1. The van der Waals surface area contributed by atoms with Gasteiger partial charge in [0.15, 0.2) is 5.58 Å². The van der Waals surface area contributed by atoms with Gasteiger partial charge < -0.3 is 14.2 Å². The minimum atomic E-state index is -4.03. The lowest BCUT2D eigenvalue weighted by molar-refractivity contribution is -0.133. The number of aryl methyl sites for hydroxylation is 1. The third kappa shape index (κ3) is 5.69. The van der Waals surface area contributed by atoms with Crippen LogP contribution in [-0.4, -0.2) is 68.0 Å². The van der Waals surface area contributed by atoms with Crippen molar-refractivity contribution in [1.29, 1.82) is 0 Å². The molecule has 1 aliphatic heterocycles. The van der Waals surface area contributed by atoms with Crippen LogP contribution in [0.1, 0.15) is 6.42 Å². The first-order chi connectivity index (χ1) is 16.7. The summed E-state index contributed by atoms with van der Waals surface area (Å²) in [6, 6.07) is 10.9. The fraction of sp³-hybridized carbons (Fsp3) is 0.391. The molecule has 1 aliphatic rings. The number of halogens is 1. The van der Waals surface area contributed by atoms with Gasteiger partial charge in [-0.15, -0.1) is 0 Å². The molecule has 12 heteroatoms. The van der Waals surface area contributed by atoms with Crippen LogP contribution in [0.5, 0.6) is 0 Å². The highest BCUT2D eigenvalue weighted by Gasteiger charge is 2.31. The summed E-state index contributed by atoms with van der Waals surface area (Å²) in [6.45, 7) is 2.20. The maximum atomic E-state index is 13.4. The predicted molar refractivity (Wildman–Crippen MR) is 139 cm³/mol. The second-order valence-corrected chi connectivity index (χ2v) is 11.4. The molecule has 2 aromatic carbocycles. The van der Waals surface area contributed by atoms with Crippen molar-refractivity contribution in [1.82, 2.24) is 14.2 Å². The molecule has 1 amide bonds. The zero-order valence-electron chi connectivity index (χ0n) is 19.4. The summed E-state index contributed by atoms with van der Waals surface area (Å²) in [6.07, 6.45) is 2.27. The van der Waals surface area contributed by atoms with Crippen LogP contribution in [0.25, 0.3) is 11.1 Å². The van der Waals surface area contributed by atoms with Gasteiger partial charge in [-0.25, -0.2) is 13.2 Å². The van der Waals surface area contributed by atoms with Crippen molar-refractivity contribution in [2.45, 2.75) is 17.4 Å². The molecule has 0 aliphatic carbocycles. The number of oxazole rings is 1. The molecule has 1 N–H and O–H groups in total. The van der Waals surface area contributed by atoms with Gasteiger partial charge in [0, 0.05) is 50.0 Å². The third-order valence-corrected chi connectivity index (χ3v) is 8.39. The second kappa shape index (κ2) is 10.7. The van der Waals surface area contributed by atoms with E-state index in [0.29, 0.717) is 48.9 Å². The van der Waals surface area contributed by atoms with Crippen molar-refractivity contribution in [3.05, 3.63) is 58.0 Å². The first-order valence-electron chi connectivity index (χ1n) is 11.1. The van der Waals surface area contributed by atoms with E-state index in [9.17, 15) is 18.0 Å². The standard InChI is InChI=1S/C23H27ClN4O5S2/c1-26-20-7-6-18(15-21(20)33-23(26)30)35(31,32)25-19(8-13-34-2)22(29)28-11-9-27(10-12-28)17-5-3-4-16(24)14-17/h3-7,14-15,19,25H,8-13H2,1-2H3/t19-/m0/s1. The quantitative estimate of drug-likeness (QED) is 0.470. The number of fused-ring (bicyclic) bond motifs is 1. The van der Waals surface area contributed by atoms with Gasteiger partial charge in [0.2, 0.25) is 15.9 Å². The van der Waals surface area contributed by atoms with Crippen LogP contribution in [0, 0.1) is 0 Å². The molecule has 4 rings (SSSR count). The number of hydrogen-bond acceptors (Lipinski definition) is 7. The van der Waals surface area contributed by atoms with E-state index in [0.717, 1.165) is 5.69 Å². The Morgan fingerprint density at radius 2 is 1.91 bits per heavy atom. The number of nitrogens with one attached hydrogen (secondary N) is 1. The van der Waals surface area contributed by atoms with E-state index in [4.69, 9.17) is 16.0 Å². The molecule has 1 fully saturated rings. The number of carbonyl (C=O) groups is 1. The lowest BCUT2D eigenvalue weighted by Crippen LogP contribution is -2.55. The number of rotatable bonds is 8. The van der Waals surface area contributed by atoms with Gasteiger partial charge in [0.05, 0.1) is 10.4 Å². The fourth-order valence-electron chi connectivity index (χ4n) is 4.08. The van der Waals surface area contributed by atoms with E-state index in [1.807, 2.05) is 30.5 Å². The molecule has 0 bridgehead atoms. The number of carbonyl (C=O) groups excluding carboxylic acids is 1. The van der Waals surface area contributed by atoms with Crippen LogP contribution in [0.15, 0.2) is 56.6 Å². The van der Waals surface area contributed by atoms with Crippen LogP contribution in [0.4, 0.5) is 5.69 Å². The van der Waals surface area contributed by atoms with Crippen LogP contribution < -0.4 is 15.4 Å². The Morgan fingerprint density at radius 1 is 1.17 bits per heavy atom. The molecule has 2 heterocycles. The third-order valence-electron chi connectivity index (χ3n) is 6.04. The van der Waals surface area contributed by atoms with Gasteiger partial charge >= 0.3 is 5.76 Å². The minimum Gasteiger partial charge on any atom is -0.408 e. The predicted octanol–water partition coefficient (Wildman–Crippen LogP) is 2.53. The molecule has 35 heavy (non-hydrogen) atoms. The monoisotopic (exact) mass is 538 g/mol. The zero-order valence-corrected chi connectivity index (χ0v) is 21.8. The van der Waals surface area contributed by atoms with Crippen LogP contribution in [0.3, 0.4) is 0 Å². The summed E-state index contributed by atoms with van der Waals surface area (Å²) < 4.78 is 35.3. The Morgan fingerprint density at radius 3 is 2.60 bits per heavy atom. The average molecular weight is 539 g/mol. The van der Waals surface area contributed by atoms with Crippen molar-refractivity contribution in [3.8, 4) is 0 Å². The normalized spacial score (nSPS) is 15.5. The topological polar surface area (TPSA) is 105 Å². The Bertz CT molecular complexity index is 1380. The Labute approximate surface area is 213 Å². The summed E-state index contributed by atoms with van der Waals surface area (Å²) in [5.74, 6) is -0.207. The van der Waals surface area contributed by atoms with Gasteiger partial charge in [-0.05, 0) is 48.8 Å². The molecule has 0 radical (unpaired) electrons. The molecule has 0 saturated carbocycles. The van der Waals surface area contributed by atoms with Crippen molar-refractivity contribution in [3.63, 3.8) is 0 Å². The molecular weight excluding hydrogens is 512 g/mol. The molecular formula is C23H27ClN4O5S2. The van der Waals surface area contributed by atoms with Gasteiger partial charge in [-0.3, -0.25) is 9.36 Å². The van der Waals surface area contributed by atoms with Crippen LogP contribution in [0.2, 0.25) is 5.02 Å². The van der Waals surface area contributed by atoms with E-state index < -0.39 is 21.8 Å². The summed E-state index contributed by atoms with van der Waals surface area (Å²) in [7, 11) is -2.48. The molecule has 3 aromatic rings. The van der Waals surface area contributed by atoms with E-state index >= 15 is 0 Å². The van der Waals surface area contributed by atoms with Crippen molar-refractivity contribution in [2.75, 3.05) is 43.1 Å². The number of hydrogen-bond donors (Lipinski definition) is 1. The number of nitrogens with zero attached hydrogens (tertiary/aromatic N) is 3. The molecule has 1 saturated heterocycles. The summed E-state index contributed by atoms with van der Waals surface area (Å²) in [5, 5.41) is 0.653. The van der Waals surface area contributed by atoms with Crippen molar-refractivity contribution in [2.24, 2.45) is 7.05 Å². The first kappa shape index (κ1) is 25.6.